The Morgan fingerprint density at radius 3 is 2.33 bits per heavy atom. The molecule has 0 unspecified atom stereocenters. The molecule has 3 aromatic rings. The van der Waals surface area contributed by atoms with Crippen molar-refractivity contribution in [2.24, 2.45) is 0 Å². The second kappa shape index (κ2) is 12.0. The smallest absolute Gasteiger partial charge is 0.265 e. The number of carbonyl (C=O) groups is 2. The number of benzene rings is 3. The minimum absolute atomic E-state index is 0.00341. The molecule has 40 heavy (non-hydrogen) atoms. The van der Waals surface area contributed by atoms with Crippen molar-refractivity contribution in [2.45, 2.75) is 56.5 Å². The number of piperidine rings is 2. The lowest BCUT2D eigenvalue weighted by Crippen LogP contribution is -2.48. The molecule has 3 heterocycles. The topological polar surface area (TPSA) is 43.9 Å². The number of carbonyl (C=O) groups excluding carboxylic acids is 2. The third-order valence-corrected chi connectivity index (χ3v) is 9.61. The number of likely N-dealkylation sites (tertiary alicyclic amines) is 2. The Morgan fingerprint density at radius 1 is 0.875 bits per heavy atom. The van der Waals surface area contributed by atoms with E-state index in [-0.39, 0.29) is 11.8 Å². The minimum Gasteiger partial charge on any atom is -0.339 e. The van der Waals surface area contributed by atoms with Gasteiger partial charge in [0.25, 0.3) is 11.8 Å². The second-order valence-corrected chi connectivity index (χ2v) is 12.2. The second-order valence-electron chi connectivity index (χ2n) is 11.1. The zero-order valence-electron chi connectivity index (χ0n) is 23.2. The summed E-state index contributed by atoms with van der Waals surface area (Å²) in [7, 11) is 0. The molecule has 0 N–H and O–H groups in total. The number of anilines is 1. The maximum Gasteiger partial charge on any atom is 0.265 e. The van der Waals surface area contributed by atoms with Gasteiger partial charge in [0.05, 0.1) is 17.1 Å². The molecule has 0 atom stereocenters. The number of hydrogen-bond donors (Lipinski definition) is 0. The van der Waals surface area contributed by atoms with Gasteiger partial charge in [0.1, 0.15) is 0 Å². The first-order valence-electron chi connectivity index (χ1n) is 14.6. The van der Waals surface area contributed by atoms with Crippen LogP contribution in [0.1, 0.15) is 59.2 Å². The summed E-state index contributed by atoms with van der Waals surface area (Å²) in [5.41, 5.74) is 4.90. The van der Waals surface area contributed by atoms with Gasteiger partial charge in [-0.1, -0.05) is 66.7 Å². The van der Waals surface area contributed by atoms with E-state index in [1.807, 2.05) is 70.5 Å². The molecule has 206 valence electrons. The fourth-order valence-corrected chi connectivity index (χ4v) is 7.21. The standard InChI is InChI=1S/C34H37N3O2S/c1-25-9-3-4-10-28(25)24-37-30-11-5-6-12-31(30)40-32(34(37)39)23-26-13-15-27(16-14-26)33(38)36-21-17-29(18-22-36)35-19-7-2-8-20-35/h3-6,9-16,23,29H,2,7-8,17-22,24H2,1H3/b32-23+. The number of rotatable bonds is 5. The average Bonchev–Trinajstić information content (AvgIpc) is 3.01. The first-order chi connectivity index (χ1) is 19.6. The maximum atomic E-state index is 13.7. The van der Waals surface area contributed by atoms with Gasteiger partial charge in [0.2, 0.25) is 0 Å². The van der Waals surface area contributed by atoms with Crippen LogP contribution in [0.3, 0.4) is 0 Å². The van der Waals surface area contributed by atoms with Crippen LogP contribution in [0.15, 0.2) is 82.6 Å². The van der Waals surface area contributed by atoms with Crippen molar-refractivity contribution in [3.05, 3.63) is 100.0 Å². The molecule has 0 bridgehead atoms. The molecular weight excluding hydrogens is 514 g/mol. The number of amides is 2. The van der Waals surface area contributed by atoms with Crippen LogP contribution in [0.2, 0.25) is 0 Å². The number of fused-ring (bicyclic) bond motifs is 1. The van der Waals surface area contributed by atoms with Crippen molar-refractivity contribution in [2.75, 3.05) is 31.1 Å². The summed E-state index contributed by atoms with van der Waals surface area (Å²) in [5.74, 6) is 0.112. The zero-order valence-corrected chi connectivity index (χ0v) is 24.0. The van der Waals surface area contributed by atoms with E-state index in [9.17, 15) is 9.59 Å². The Balaban J connectivity index is 1.15. The van der Waals surface area contributed by atoms with Crippen molar-refractivity contribution >= 4 is 35.3 Å². The van der Waals surface area contributed by atoms with Gasteiger partial charge in [0, 0.05) is 29.6 Å². The third kappa shape index (κ3) is 5.74. The Bertz CT molecular complexity index is 1400. The van der Waals surface area contributed by atoms with Crippen molar-refractivity contribution in [3.8, 4) is 0 Å². The Morgan fingerprint density at radius 2 is 1.57 bits per heavy atom. The van der Waals surface area contributed by atoms with Gasteiger partial charge in [-0.05, 0) is 92.7 Å². The molecule has 0 aliphatic carbocycles. The van der Waals surface area contributed by atoms with Gasteiger partial charge in [-0.2, -0.15) is 0 Å². The van der Waals surface area contributed by atoms with E-state index in [0.29, 0.717) is 23.1 Å². The van der Waals surface area contributed by atoms with Crippen molar-refractivity contribution in [3.63, 3.8) is 0 Å². The van der Waals surface area contributed by atoms with E-state index in [0.717, 1.165) is 47.6 Å². The molecule has 0 aromatic heterocycles. The molecule has 3 aliphatic heterocycles. The molecule has 3 aliphatic rings. The summed E-state index contributed by atoms with van der Waals surface area (Å²) in [6.07, 6.45) is 8.05. The lowest BCUT2D eigenvalue weighted by molar-refractivity contribution is -0.114. The summed E-state index contributed by atoms with van der Waals surface area (Å²) in [5, 5.41) is 0. The molecule has 2 saturated heterocycles. The lowest BCUT2D eigenvalue weighted by Gasteiger charge is -2.40. The van der Waals surface area contributed by atoms with Crippen LogP contribution in [0.4, 0.5) is 5.69 Å². The van der Waals surface area contributed by atoms with E-state index in [2.05, 4.69) is 30.0 Å². The van der Waals surface area contributed by atoms with Crippen LogP contribution in [-0.2, 0) is 11.3 Å². The number of hydrogen-bond acceptors (Lipinski definition) is 4. The fourth-order valence-electron chi connectivity index (χ4n) is 6.15. The van der Waals surface area contributed by atoms with Crippen LogP contribution < -0.4 is 4.90 Å². The maximum absolute atomic E-state index is 13.7. The fraction of sp³-hybridized carbons (Fsp3) is 0.353. The first-order valence-corrected chi connectivity index (χ1v) is 15.4. The van der Waals surface area contributed by atoms with Crippen LogP contribution in [0, 0.1) is 6.92 Å². The van der Waals surface area contributed by atoms with Crippen molar-refractivity contribution in [1.29, 1.82) is 0 Å². The predicted octanol–water partition coefficient (Wildman–Crippen LogP) is 6.77. The largest absolute Gasteiger partial charge is 0.339 e. The SMILES string of the molecule is Cc1ccccc1CN1C(=O)/C(=C\c2ccc(C(=O)N3CCC(N4CCCCC4)CC3)cc2)Sc2ccccc21. The Hall–Kier alpha value is -3.35. The van der Waals surface area contributed by atoms with Gasteiger partial charge in [-0.3, -0.25) is 9.59 Å². The summed E-state index contributed by atoms with van der Waals surface area (Å²) in [6, 6.07) is 24.7. The molecule has 2 fully saturated rings. The quantitative estimate of drug-likeness (QED) is 0.329. The molecule has 6 rings (SSSR count). The van der Waals surface area contributed by atoms with Gasteiger partial charge in [-0.15, -0.1) is 0 Å². The van der Waals surface area contributed by atoms with E-state index in [1.165, 1.54) is 49.7 Å². The van der Waals surface area contributed by atoms with Crippen LogP contribution in [-0.4, -0.2) is 53.8 Å². The van der Waals surface area contributed by atoms with Gasteiger partial charge in [-0.25, -0.2) is 0 Å². The number of para-hydroxylation sites is 1. The number of aryl methyl sites for hydroxylation is 1. The van der Waals surface area contributed by atoms with E-state index < -0.39 is 0 Å². The molecule has 0 saturated carbocycles. The van der Waals surface area contributed by atoms with Gasteiger partial charge < -0.3 is 14.7 Å². The third-order valence-electron chi connectivity index (χ3n) is 8.54. The number of nitrogens with zero attached hydrogens (tertiary/aromatic N) is 3. The zero-order chi connectivity index (χ0) is 27.5. The monoisotopic (exact) mass is 551 g/mol. The average molecular weight is 552 g/mol. The van der Waals surface area contributed by atoms with Crippen molar-refractivity contribution in [1.82, 2.24) is 9.80 Å². The molecule has 0 spiro atoms. The molecule has 0 radical (unpaired) electrons. The predicted molar refractivity (Wildman–Crippen MR) is 163 cm³/mol. The molecule has 3 aromatic carbocycles. The number of thioether (sulfide) groups is 1. The highest BCUT2D eigenvalue weighted by Crippen LogP contribution is 2.42. The summed E-state index contributed by atoms with van der Waals surface area (Å²) in [4.78, 5) is 35.2. The summed E-state index contributed by atoms with van der Waals surface area (Å²) >= 11 is 1.51. The molecule has 5 nitrogen and oxygen atoms in total. The Labute approximate surface area is 241 Å². The van der Waals surface area contributed by atoms with Crippen LogP contribution >= 0.6 is 11.8 Å². The highest BCUT2D eigenvalue weighted by Gasteiger charge is 2.30. The lowest BCUT2D eigenvalue weighted by atomic mass is 9.99. The summed E-state index contributed by atoms with van der Waals surface area (Å²) in [6.45, 7) is 6.70. The molecule has 6 heteroatoms. The van der Waals surface area contributed by atoms with Crippen LogP contribution in [0.25, 0.3) is 6.08 Å². The van der Waals surface area contributed by atoms with E-state index in [1.54, 1.807) is 0 Å². The highest BCUT2D eigenvalue weighted by molar-refractivity contribution is 8.04. The highest BCUT2D eigenvalue weighted by atomic mass is 32.2. The minimum atomic E-state index is 0.00341. The van der Waals surface area contributed by atoms with Crippen LogP contribution in [0.5, 0.6) is 0 Å². The van der Waals surface area contributed by atoms with Gasteiger partial charge >= 0.3 is 0 Å². The van der Waals surface area contributed by atoms with E-state index in [4.69, 9.17) is 0 Å². The normalized spacial score (nSPS) is 19.6. The van der Waals surface area contributed by atoms with Gasteiger partial charge in [0.15, 0.2) is 0 Å². The molecular formula is C34H37N3O2S. The summed E-state index contributed by atoms with van der Waals surface area (Å²) < 4.78 is 0. The molecule has 2 amide bonds. The Kier molecular flexibility index (Phi) is 8.08. The first kappa shape index (κ1) is 26.9. The van der Waals surface area contributed by atoms with E-state index >= 15 is 0 Å². The van der Waals surface area contributed by atoms with Crippen molar-refractivity contribution < 1.29 is 9.59 Å².